The van der Waals surface area contributed by atoms with Crippen molar-refractivity contribution in [2.75, 3.05) is 20.3 Å². The maximum atomic E-state index is 5.57. The highest BCUT2D eigenvalue weighted by molar-refractivity contribution is 5.30. The van der Waals surface area contributed by atoms with Gasteiger partial charge in [0.1, 0.15) is 5.75 Å². The van der Waals surface area contributed by atoms with Gasteiger partial charge in [0.05, 0.1) is 13.7 Å². The molecule has 2 fully saturated rings. The molecule has 1 aliphatic carbocycles. The lowest BCUT2D eigenvalue weighted by Crippen LogP contribution is -2.39. The van der Waals surface area contributed by atoms with E-state index in [-0.39, 0.29) is 0 Å². The third-order valence-electron chi connectivity index (χ3n) is 4.14. The van der Waals surface area contributed by atoms with E-state index >= 15 is 0 Å². The average Bonchev–Trinajstić information content (AvgIpc) is 3.31. The quantitative estimate of drug-likeness (QED) is 0.884. The van der Waals surface area contributed by atoms with E-state index in [1.807, 2.05) is 0 Å². The zero-order chi connectivity index (χ0) is 13.1. The van der Waals surface area contributed by atoms with Gasteiger partial charge in [0.2, 0.25) is 0 Å². The molecule has 19 heavy (non-hydrogen) atoms. The van der Waals surface area contributed by atoms with Crippen LogP contribution in [0.15, 0.2) is 24.3 Å². The SMILES string of the molecule is COc1ccc(C(NC2CCCOC2)C2CC2)cc1. The minimum atomic E-state index is 0.484. The summed E-state index contributed by atoms with van der Waals surface area (Å²) in [5.41, 5.74) is 1.38. The Balaban J connectivity index is 1.68. The first kappa shape index (κ1) is 12.9. The fraction of sp³-hybridized carbons (Fsp3) is 0.625. The van der Waals surface area contributed by atoms with Crippen LogP contribution in [0.2, 0.25) is 0 Å². The van der Waals surface area contributed by atoms with Crippen molar-refractivity contribution in [2.45, 2.75) is 37.8 Å². The predicted molar refractivity (Wildman–Crippen MR) is 75.4 cm³/mol. The molecule has 2 unspecified atom stereocenters. The van der Waals surface area contributed by atoms with Crippen LogP contribution in [-0.4, -0.2) is 26.4 Å². The highest BCUT2D eigenvalue weighted by Crippen LogP contribution is 2.41. The molecule has 1 aromatic rings. The first-order valence-corrected chi connectivity index (χ1v) is 7.34. The molecule has 1 saturated carbocycles. The largest absolute Gasteiger partial charge is 0.497 e. The molecule has 1 aliphatic heterocycles. The van der Waals surface area contributed by atoms with Gasteiger partial charge in [0, 0.05) is 18.7 Å². The Hall–Kier alpha value is -1.06. The van der Waals surface area contributed by atoms with E-state index < -0.39 is 0 Å². The highest BCUT2D eigenvalue weighted by atomic mass is 16.5. The number of hydrogen-bond donors (Lipinski definition) is 1. The van der Waals surface area contributed by atoms with Crippen LogP contribution in [0.4, 0.5) is 0 Å². The van der Waals surface area contributed by atoms with Crippen molar-refractivity contribution in [2.24, 2.45) is 5.92 Å². The molecule has 2 aliphatic rings. The third kappa shape index (κ3) is 3.28. The van der Waals surface area contributed by atoms with E-state index in [1.54, 1.807) is 7.11 Å². The summed E-state index contributed by atoms with van der Waals surface area (Å²) in [5, 5.41) is 3.81. The van der Waals surface area contributed by atoms with Gasteiger partial charge in [-0.3, -0.25) is 0 Å². The topological polar surface area (TPSA) is 30.5 Å². The number of methoxy groups -OCH3 is 1. The van der Waals surface area contributed by atoms with E-state index in [2.05, 4.69) is 29.6 Å². The summed E-state index contributed by atoms with van der Waals surface area (Å²) in [5.74, 6) is 1.73. The van der Waals surface area contributed by atoms with Crippen molar-refractivity contribution in [3.63, 3.8) is 0 Å². The second-order valence-electron chi connectivity index (χ2n) is 5.67. The van der Waals surface area contributed by atoms with Gasteiger partial charge >= 0.3 is 0 Å². The molecular formula is C16H23NO2. The normalized spacial score (nSPS) is 25.0. The molecule has 0 bridgehead atoms. The lowest BCUT2D eigenvalue weighted by atomic mass is 9.99. The van der Waals surface area contributed by atoms with Crippen molar-refractivity contribution in [1.29, 1.82) is 0 Å². The van der Waals surface area contributed by atoms with Crippen LogP contribution >= 0.6 is 0 Å². The molecule has 3 rings (SSSR count). The Morgan fingerprint density at radius 1 is 1.21 bits per heavy atom. The second-order valence-corrected chi connectivity index (χ2v) is 5.67. The van der Waals surface area contributed by atoms with E-state index in [1.165, 1.54) is 31.2 Å². The summed E-state index contributed by atoms with van der Waals surface area (Å²) in [4.78, 5) is 0. The van der Waals surface area contributed by atoms with Crippen LogP contribution in [0.3, 0.4) is 0 Å². The Morgan fingerprint density at radius 2 is 2.00 bits per heavy atom. The second kappa shape index (κ2) is 5.93. The van der Waals surface area contributed by atoms with Gasteiger partial charge in [-0.25, -0.2) is 0 Å². The summed E-state index contributed by atoms with van der Waals surface area (Å²) < 4.78 is 10.8. The van der Waals surface area contributed by atoms with Crippen molar-refractivity contribution in [3.05, 3.63) is 29.8 Å². The Kier molecular flexibility index (Phi) is 4.04. The van der Waals surface area contributed by atoms with Crippen LogP contribution in [0.5, 0.6) is 5.75 Å². The molecule has 0 aromatic heterocycles. The molecule has 1 heterocycles. The van der Waals surface area contributed by atoms with Gasteiger partial charge in [-0.1, -0.05) is 12.1 Å². The van der Waals surface area contributed by atoms with Gasteiger partial charge in [0.15, 0.2) is 0 Å². The third-order valence-corrected chi connectivity index (χ3v) is 4.14. The van der Waals surface area contributed by atoms with E-state index in [0.29, 0.717) is 12.1 Å². The fourth-order valence-corrected chi connectivity index (χ4v) is 2.87. The van der Waals surface area contributed by atoms with Crippen molar-refractivity contribution in [3.8, 4) is 5.75 Å². The zero-order valence-corrected chi connectivity index (χ0v) is 11.6. The minimum absolute atomic E-state index is 0.484. The molecule has 1 N–H and O–H groups in total. The first-order valence-electron chi connectivity index (χ1n) is 7.34. The van der Waals surface area contributed by atoms with Crippen molar-refractivity contribution in [1.82, 2.24) is 5.32 Å². The van der Waals surface area contributed by atoms with E-state index in [0.717, 1.165) is 24.9 Å². The summed E-state index contributed by atoms with van der Waals surface area (Å²) in [7, 11) is 1.71. The molecule has 3 heteroatoms. The maximum absolute atomic E-state index is 5.57. The van der Waals surface area contributed by atoms with Crippen LogP contribution < -0.4 is 10.1 Å². The van der Waals surface area contributed by atoms with Crippen LogP contribution in [0.1, 0.15) is 37.3 Å². The number of hydrogen-bond acceptors (Lipinski definition) is 3. The van der Waals surface area contributed by atoms with Crippen LogP contribution in [-0.2, 0) is 4.74 Å². The van der Waals surface area contributed by atoms with Gasteiger partial charge in [-0.15, -0.1) is 0 Å². The standard InChI is InChI=1S/C16H23NO2/c1-18-15-8-6-13(7-9-15)16(12-4-5-12)17-14-3-2-10-19-11-14/h6-9,12,14,16-17H,2-5,10-11H2,1H3. The van der Waals surface area contributed by atoms with Gasteiger partial charge in [0.25, 0.3) is 0 Å². The monoisotopic (exact) mass is 261 g/mol. The average molecular weight is 261 g/mol. The van der Waals surface area contributed by atoms with Gasteiger partial charge in [-0.2, -0.15) is 0 Å². The lowest BCUT2D eigenvalue weighted by molar-refractivity contribution is 0.0652. The molecule has 0 radical (unpaired) electrons. The number of nitrogens with one attached hydrogen (secondary N) is 1. The summed E-state index contributed by atoms with van der Waals surface area (Å²) in [6, 6.07) is 9.50. The maximum Gasteiger partial charge on any atom is 0.118 e. The van der Waals surface area contributed by atoms with E-state index in [4.69, 9.17) is 9.47 Å². The summed E-state index contributed by atoms with van der Waals surface area (Å²) >= 11 is 0. The summed E-state index contributed by atoms with van der Waals surface area (Å²) in [6.07, 6.45) is 5.10. The van der Waals surface area contributed by atoms with Crippen LogP contribution in [0.25, 0.3) is 0 Å². The number of rotatable bonds is 5. The number of ether oxygens (including phenoxy) is 2. The van der Waals surface area contributed by atoms with Crippen molar-refractivity contribution < 1.29 is 9.47 Å². The molecule has 1 aromatic carbocycles. The van der Waals surface area contributed by atoms with Crippen molar-refractivity contribution >= 4 is 0 Å². The molecular weight excluding hydrogens is 238 g/mol. The summed E-state index contributed by atoms with van der Waals surface area (Å²) in [6.45, 7) is 1.79. The van der Waals surface area contributed by atoms with Crippen LogP contribution in [0, 0.1) is 5.92 Å². The zero-order valence-electron chi connectivity index (χ0n) is 11.6. The molecule has 3 nitrogen and oxygen atoms in total. The smallest absolute Gasteiger partial charge is 0.118 e. The van der Waals surface area contributed by atoms with Gasteiger partial charge < -0.3 is 14.8 Å². The molecule has 0 amide bonds. The van der Waals surface area contributed by atoms with Gasteiger partial charge in [-0.05, 0) is 49.3 Å². The minimum Gasteiger partial charge on any atom is -0.497 e. The number of benzene rings is 1. The molecule has 1 saturated heterocycles. The molecule has 2 atom stereocenters. The Bertz CT molecular complexity index is 394. The molecule has 104 valence electrons. The molecule has 0 spiro atoms. The fourth-order valence-electron chi connectivity index (χ4n) is 2.87. The predicted octanol–water partition coefficient (Wildman–Crippen LogP) is 2.91. The van der Waals surface area contributed by atoms with E-state index in [9.17, 15) is 0 Å². The first-order chi connectivity index (χ1) is 9.36. The Labute approximate surface area is 115 Å². The highest BCUT2D eigenvalue weighted by Gasteiger charge is 2.33. The Morgan fingerprint density at radius 3 is 2.58 bits per heavy atom. The lowest BCUT2D eigenvalue weighted by Gasteiger charge is -2.29.